The number of hydrogen-bond acceptors (Lipinski definition) is 5. The van der Waals surface area contributed by atoms with Crippen LogP contribution in [0.15, 0.2) is 53.4 Å². The van der Waals surface area contributed by atoms with Gasteiger partial charge in [-0.3, -0.25) is 4.79 Å². The number of nitrogens with one attached hydrogen (secondary N) is 1. The Hall–Kier alpha value is -2.13. The quantitative estimate of drug-likeness (QED) is 0.739. The SMILES string of the molecule is CN1CCN(c2ccc(NC(=O)[C@H]3CCCN3S(=O)(=O)c3ccc(Cl)cc3)cc2)CC1. The molecule has 0 radical (unpaired) electrons. The van der Waals surface area contributed by atoms with E-state index in [1.807, 2.05) is 24.3 Å². The number of carbonyl (C=O) groups is 1. The normalized spacial score (nSPS) is 20.7. The molecule has 0 spiro atoms. The number of rotatable bonds is 5. The van der Waals surface area contributed by atoms with Gasteiger partial charge in [-0.1, -0.05) is 11.6 Å². The molecule has 0 saturated carbocycles. The average molecular weight is 463 g/mol. The first-order valence-electron chi connectivity index (χ1n) is 10.5. The topological polar surface area (TPSA) is 73.0 Å². The van der Waals surface area contributed by atoms with Gasteiger partial charge in [-0.05, 0) is 68.4 Å². The number of hydrogen-bond donors (Lipinski definition) is 1. The van der Waals surface area contributed by atoms with Crippen LogP contribution in [0, 0.1) is 0 Å². The molecule has 2 aromatic rings. The molecule has 2 heterocycles. The summed E-state index contributed by atoms with van der Waals surface area (Å²) in [6, 6.07) is 13.1. The molecule has 7 nitrogen and oxygen atoms in total. The zero-order chi connectivity index (χ0) is 22.0. The lowest BCUT2D eigenvalue weighted by atomic mass is 10.2. The molecule has 1 atom stereocenters. The maximum absolute atomic E-state index is 13.0. The smallest absolute Gasteiger partial charge is 0.243 e. The van der Waals surface area contributed by atoms with E-state index < -0.39 is 16.1 Å². The molecule has 0 aromatic heterocycles. The number of likely N-dealkylation sites (N-methyl/N-ethyl adjacent to an activating group) is 1. The lowest BCUT2D eigenvalue weighted by Gasteiger charge is -2.34. The molecular formula is C22H27ClN4O3S. The Bertz CT molecular complexity index is 1020. The minimum Gasteiger partial charge on any atom is -0.369 e. The Morgan fingerprint density at radius 2 is 1.61 bits per heavy atom. The van der Waals surface area contributed by atoms with Crippen LogP contribution in [0.25, 0.3) is 0 Å². The Kier molecular flexibility index (Phi) is 6.52. The zero-order valence-corrected chi connectivity index (χ0v) is 19.1. The van der Waals surface area contributed by atoms with Crippen molar-refractivity contribution < 1.29 is 13.2 Å². The molecule has 2 saturated heterocycles. The van der Waals surface area contributed by atoms with E-state index in [-0.39, 0.29) is 10.8 Å². The van der Waals surface area contributed by atoms with Gasteiger partial charge in [-0.25, -0.2) is 8.42 Å². The number of halogens is 1. The van der Waals surface area contributed by atoms with Crippen LogP contribution in [0.4, 0.5) is 11.4 Å². The summed E-state index contributed by atoms with van der Waals surface area (Å²) in [5.41, 5.74) is 1.79. The minimum atomic E-state index is -3.76. The van der Waals surface area contributed by atoms with Crippen LogP contribution in [-0.2, 0) is 14.8 Å². The molecule has 31 heavy (non-hydrogen) atoms. The van der Waals surface area contributed by atoms with Crippen molar-refractivity contribution in [3.05, 3.63) is 53.6 Å². The summed E-state index contributed by atoms with van der Waals surface area (Å²) >= 11 is 5.88. The van der Waals surface area contributed by atoms with Gasteiger partial charge in [0, 0.05) is 49.1 Å². The van der Waals surface area contributed by atoms with Gasteiger partial charge in [0.15, 0.2) is 0 Å². The van der Waals surface area contributed by atoms with E-state index in [0.29, 0.717) is 30.1 Å². The van der Waals surface area contributed by atoms with Gasteiger partial charge in [0.1, 0.15) is 6.04 Å². The van der Waals surface area contributed by atoms with Crippen LogP contribution in [0.1, 0.15) is 12.8 Å². The van der Waals surface area contributed by atoms with E-state index in [9.17, 15) is 13.2 Å². The van der Waals surface area contributed by atoms with Gasteiger partial charge >= 0.3 is 0 Å². The largest absolute Gasteiger partial charge is 0.369 e. The number of nitrogens with zero attached hydrogens (tertiary/aromatic N) is 3. The van der Waals surface area contributed by atoms with E-state index in [0.717, 1.165) is 31.9 Å². The van der Waals surface area contributed by atoms with Crippen LogP contribution in [0.3, 0.4) is 0 Å². The standard InChI is InChI=1S/C22H27ClN4O3S/c1-25-13-15-26(16-14-25)19-8-6-18(7-9-19)24-22(28)21-3-2-12-27(21)31(29,30)20-10-4-17(23)5-11-20/h4-11,21H,2-3,12-16H2,1H3,(H,24,28)/t21-/m1/s1. The van der Waals surface area contributed by atoms with Crippen LogP contribution < -0.4 is 10.2 Å². The molecule has 2 aliphatic heterocycles. The number of carbonyl (C=O) groups excluding carboxylic acids is 1. The van der Waals surface area contributed by atoms with Gasteiger partial charge < -0.3 is 15.1 Å². The van der Waals surface area contributed by atoms with Crippen molar-refractivity contribution in [2.45, 2.75) is 23.8 Å². The summed E-state index contributed by atoms with van der Waals surface area (Å²) in [6.07, 6.45) is 1.14. The first kappa shape index (κ1) is 22.1. The van der Waals surface area contributed by atoms with Crippen molar-refractivity contribution in [3.8, 4) is 0 Å². The third kappa shape index (κ3) is 4.87. The van der Waals surface area contributed by atoms with Gasteiger partial charge in [-0.15, -0.1) is 0 Å². The lowest BCUT2D eigenvalue weighted by molar-refractivity contribution is -0.119. The lowest BCUT2D eigenvalue weighted by Crippen LogP contribution is -2.44. The van der Waals surface area contributed by atoms with Crippen LogP contribution in [0.5, 0.6) is 0 Å². The van der Waals surface area contributed by atoms with Gasteiger partial charge in [0.2, 0.25) is 15.9 Å². The van der Waals surface area contributed by atoms with Gasteiger partial charge in [0.05, 0.1) is 4.90 Å². The highest BCUT2D eigenvalue weighted by Crippen LogP contribution is 2.28. The first-order chi connectivity index (χ1) is 14.8. The average Bonchev–Trinajstić information content (AvgIpc) is 3.26. The number of sulfonamides is 1. The first-order valence-corrected chi connectivity index (χ1v) is 12.3. The predicted molar refractivity (Wildman–Crippen MR) is 123 cm³/mol. The number of anilines is 2. The molecule has 4 rings (SSSR count). The van der Waals surface area contributed by atoms with E-state index in [4.69, 9.17) is 11.6 Å². The molecule has 0 aliphatic carbocycles. The van der Waals surface area contributed by atoms with Crippen molar-refractivity contribution >= 4 is 38.9 Å². The maximum Gasteiger partial charge on any atom is 0.243 e. The van der Waals surface area contributed by atoms with Gasteiger partial charge in [-0.2, -0.15) is 4.31 Å². The number of amides is 1. The summed E-state index contributed by atoms with van der Waals surface area (Å²) in [5, 5.41) is 3.36. The van der Waals surface area contributed by atoms with E-state index in [1.165, 1.54) is 16.4 Å². The molecular weight excluding hydrogens is 436 g/mol. The second-order valence-electron chi connectivity index (χ2n) is 8.05. The molecule has 0 bridgehead atoms. The maximum atomic E-state index is 13.0. The molecule has 2 aromatic carbocycles. The van der Waals surface area contributed by atoms with E-state index >= 15 is 0 Å². The fourth-order valence-corrected chi connectivity index (χ4v) is 5.86. The Balaban J connectivity index is 1.43. The molecule has 2 aliphatic rings. The van der Waals surface area contributed by atoms with Crippen LogP contribution >= 0.6 is 11.6 Å². The minimum absolute atomic E-state index is 0.146. The Labute approximate surface area is 188 Å². The summed E-state index contributed by atoms with van der Waals surface area (Å²) in [7, 11) is -1.64. The summed E-state index contributed by atoms with van der Waals surface area (Å²) in [4.78, 5) is 17.7. The zero-order valence-electron chi connectivity index (χ0n) is 17.5. The highest BCUT2D eigenvalue weighted by molar-refractivity contribution is 7.89. The highest BCUT2D eigenvalue weighted by Gasteiger charge is 2.39. The van der Waals surface area contributed by atoms with Crippen LogP contribution in [0.2, 0.25) is 5.02 Å². The number of benzene rings is 2. The summed E-state index contributed by atoms with van der Waals surface area (Å²) < 4.78 is 27.4. The van der Waals surface area contributed by atoms with E-state index in [2.05, 4.69) is 22.2 Å². The van der Waals surface area contributed by atoms with Crippen molar-refractivity contribution in [1.29, 1.82) is 0 Å². The molecule has 1 amide bonds. The molecule has 1 N–H and O–H groups in total. The fraction of sp³-hybridized carbons (Fsp3) is 0.409. The second-order valence-corrected chi connectivity index (χ2v) is 10.4. The molecule has 0 unspecified atom stereocenters. The predicted octanol–water partition coefficient (Wildman–Crippen LogP) is 2.88. The van der Waals surface area contributed by atoms with Crippen LogP contribution in [-0.4, -0.2) is 69.3 Å². The van der Waals surface area contributed by atoms with Gasteiger partial charge in [0.25, 0.3) is 0 Å². The molecule has 2 fully saturated rings. The molecule has 9 heteroatoms. The Morgan fingerprint density at radius 1 is 0.968 bits per heavy atom. The molecule has 166 valence electrons. The third-order valence-corrected chi connectivity index (χ3v) is 8.10. The fourth-order valence-electron chi connectivity index (χ4n) is 4.08. The van der Waals surface area contributed by atoms with Crippen molar-refractivity contribution in [2.24, 2.45) is 0 Å². The highest BCUT2D eigenvalue weighted by atomic mass is 35.5. The Morgan fingerprint density at radius 3 is 2.26 bits per heavy atom. The third-order valence-electron chi connectivity index (χ3n) is 5.93. The summed E-state index contributed by atoms with van der Waals surface area (Å²) in [5.74, 6) is -0.303. The van der Waals surface area contributed by atoms with Crippen molar-refractivity contribution in [2.75, 3.05) is 50.0 Å². The van der Waals surface area contributed by atoms with E-state index in [1.54, 1.807) is 12.1 Å². The monoisotopic (exact) mass is 462 g/mol. The summed E-state index contributed by atoms with van der Waals surface area (Å²) in [6.45, 7) is 4.32. The van der Waals surface area contributed by atoms with Crippen molar-refractivity contribution in [3.63, 3.8) is 0 Å². The second kappa shape index (κ2) is 9.16. The number of piperazine rings is 1. The van der Waals surface area contributed by atoms with Crippen molar-refractivity contribution in [1.82, 2.24) is 9.21 Å².